The van der Waals surface area contributed by atoms with Gasteiger partial charge in [-0.05, 0) is 13.0 Å². The Morgan fingerprint density at radius 3 is 3.15 bits per heavy atom. The summed E-state index contributed by atoms with van der Waals surface area (Å²) in [6.07, 6.45) is 0.755. The lowest BCUT2D eigenvalue weighted by Gasteiger charge is -2.13. The molecule has 0 amide bonds. The molecular weight excluding hydrogens is 170 g/mol. The fourth-order valence-corrected chi connectivity index (χ4v) is 1.68. The molecule has 0 atom stereocenters. The Hall–Kier alpha value is -1.36. The van der Waals surface area contributed by atoms with E-state index >= 15 is 0 Å². The molecule has 1 aromatic heterocycles. The topological polar surface area (TPSA) is 67.2 Å². The third kappa shape index (κ3) is 1.21. The number of aromatic nitrogens is 2. The molecule has 70 valence electrons. The first-order valence-electron chi connectivity index (χ1n) is 4.19. The van der Waals surface area contributed by atoms with Crippen molar-refractivity contribution < 1.29 is 9.90 Å². The first-order valence-corrected chi connectivity index (χ1v) is 4.19. The van der Waals surface area contributed by atoms with Gasteiger partial charge in [-0.1, -0.05) is 0 Å². The van der Waals surface area contributed by atoms with Crippen molar-refractivity contribution in [3.8, 4) is 0 Å². The summed E-state index contributed by atoms with van der Waals surface area (Å²) in [7, 11) is 1.78. The second kappa shape index (κ2) is 2.85. The molecule has 5 heteroatoms. The SMILES string of the molecule is Cn1nc(C(=O)O)c2c1CNCC2. The number of hydrogen-bond donors (Lipinski definition) is 2. The van der Waals surface area contributed by atoms with E-state index in [-0.39, 0.29) is 5.69 Å². The van der Waals surface area contributed by atoms with Crippen LogP contribution in [0.1, 0.15) is 21.7 Å². The van der Waals surface area contributed by atoms with Crippen LogP contribution in [0.2, 0.25) is 0 Å². The van der Waals surface area contributed by atoms with E-state index in [2.05, 4.69) is 10.4 Å². The van der Waals surface area contributed by atoms with E-state index in [1.54, 1.807) is 11.7 Å². The minimum atomic E-state index is -0.932. The van der Waals surface area contributed by atoms with Crippen LogP contribution in [-0.2, 0) is 20.0 Å². The normalized spacial score (nSPS) is 15.5. The number of fused-ring (bicyclic) bond motifs is 1. The summed E-state index contributed by atoms with van der Waals surface area (Å²) in [6, 6.07) is 0. The Bertz CT molecular complexity index is 357. The summed E-state index contributed by atoms with van der Waals surface area (Å²) in [5.74, 6) is -0.932. The largest absolute Gasteiger partial charge is 0.476 e. The van der Waals surface area contributed by atoms with Crippen LogP contribution >= 0.6 is 0 Å². The van der Waals surface area contributed by atoms with E-state index in [0.29, 0.717) is 6.54 Å². The zero-order valence-electron chi connectivity index (χ0n) is 7.37. The van der Waals surface area contributed by atoms with Crippen LogP contribution in [0.5, 0.6) is 0 Å². The molecule has 0 spiro atoms. The third-order valence-corrected chi connectivity index (χ3v) is 2.32. The third-order valence-electron chi connectivity index (χ3n) is 2.32. The van der Waals surface area contributed by atoms with E-state index in [4.69, 9.17) is 5.11 Å². The molecule has 5 nitrogen and oxygen atoms in total. The number of rotatable bonds is 1. The lowest BCUT2D eigenvalue weighted by atomic mass is 10.1. The van der Waals surface area contributed by atoms with Gasteiger partial charge in [-0.2, -0.15) is 5.10 Å². The highest BCUT2D eigenvalue weighted by molar-refractivity contribution is 5.87. The maximum absolute atomic E-state index is 10.8. The Morgan fingerprint density at radius 2 is 2.46 bits per heavy atom. The molecule has 2 rings (SSSR count). The molecule has 13 heavy (non-hydrogen) atoms. The second-order valence-corrected chi connectivity index (χ2v) is 3.13. The Morgan fingerprint density at radius 1 is 1.69 bits per heavy atom. The number of carboxylic acid groups (broad SMARTS) is 1. The lowest BCUT2D eigenvalue weighted by Crippen LogP contribution is -2.25. The summed E-state index contributed by atoms with van der Waals surface area (Å²) in [5, 5.41) is 16.0. The van der Waals surface area contributed by atoms with Crippen molar-refractivity contribution in [1.82, 2.24) is 15.1 Å². The van der Waals surface area contributed by atoms with E-state index < -0.39 is 5.97 Å². The highest BCUT2D eigenvalue weighted by Crippen LogP contribution is 2.17. The second-order valence-electron chi connectivity index (χ2n) is 3.13. The average molecular weight is 181 g/mol. The van der Waals surface area contributed by atoms with Crippen molar-refractivity contribution in [3.05, 3.63) is 17.0 Å². The predicted octanol–water partition coefficient (Wildman–Crippen LogP) is -0.236. The van der Waals surface area contributed by atoms with Gasteiger partial charge < -0.3 is 10.4 Å². The molecule has 0 aromatic carbocycles. The first kappa shape index (κ1) is 8.25. The fraction of sp³-hybridized carbons (Fsp3) is 0.500. The number of hydrogen-bond acceptors (Lipinski definition) is 3. The van der Waals surface area contributed by atoms with Crippen LogP contribution in [-0.4, -0.2) is 27.4 Å². The van der Waals surface area contributed by atoms with Crippen molar-refractivity contribution in [2.75, 3.05) is 6.54 Å². The van der Waals surface area contributed by atoms with Crippen molar-refractivity contribution in [2.45, 2.75) is 13.0 Å². The minimum absolute atomic E-state index is 0.207. The van der Waals surface area contributed by atoms with Gasteiger partial charge in [0, 0.05) is 19.2 Å². The molecule has 2 N–H and O–H groups in total. The van der Waals surface area contributed by atoms with Crippen molar-refractivity contribution in [2.24, 2.45) is 7.05 Å². The van der Waals surface area contributed by atoms with E-state index in [0.717, 1.165) is 24.2 Å². The van der Waals surface area contributed by atoms with Crippen molar-refractivity contribution in [1.29, 1.82) is 0 Å². The van der Waals surface area contributed by atoms with Crippen molar-refractivity contribution >= 4 is 5.97 Å². The molecule has 0 saturated heterocycles. The molecule has 2 heterocycles. The number of carboxylic acids is 1. The van der Waals surface area contributed by atoms with Gasteiger partial charge in [-0.25, -0.2) is 4.79 Å². The Labute approximate surface area is 75.4 Å². The monoisotopic (exact) mass is 181 g/mol. The Balaban J connectivity index is 2.53. The smallest absolute Gasteiger partial charge is 0.356 e. The number of aromatic carboxylic acids is 1. The molecule has 0 fully saturated rings. The van der Waals surface area contributed by atoms with Gasteiger partial charge in [0.2, 0.25) is 0 Å². The van der Waals surface area contributed by atoms with Gasteiger partial charge >= 0.3 is 5.97 Å². The summed E-state index contributed by atoms with van der Waals surface area (Å²) in [5.41, 5.74) is 2.08. The summed E-state index contributed by atoms with van der Waals surface area (Å²) in [6.45, 7) is 1.55. The van der Waals surface area contributed by atoms with Gasteiger partial charge in [0.15, 0.2) is 5.69 Å². The number of nitrogens with one attached hydrogen (secondary N) is 1. The maximum atomic E-state index is 10.8. The van der Waals surface area contributed by atoms with Crippen LogP contribution < -0.4 is 5.32 Å². The lowest BCUT2D eigenvalue weighted by molar-refractivity contribution is 0.0688. The van der Waals surface area contributed by atoms with E-state index in [1.807, 2.05) is 0 Å². The van der Waals surface area contributed by atoms with E-state index in [9.17, 15) is 4.79 Å². The van der Waals surface area contributed by atoms with Crippen LogP contribution in [0.25, 0.3) is 0 Å². The molecule has 0 unspecified atom stereocenters. The molecule has 0 bridgehead atoms. The van der Waals surface area contributed by atoms with Gasteiger partial charge in [-0.15, -0.1) is 0 Å². The maximum Gasteiger partial charge on any atom is 0.356 e. The van der Waals surface area contributed by atoms with E-state index in [1.165, 1.54) is 0 Å². The molecule has 0 radical (unpaired) electrons. The van der Waals surface area contributed by atoms with Crippen molar-refractivity contribution in [3.63, 3.8) is 0 Å². The van der Waals surface area contributed by atoms with Crippen LogP contribution in [0.3, 0.4) is 0 Å². The standard InChI is InChI=1S/C8H11N3O2/c1-11-6-4-9-3-2-5(6)7(10-11)8(12)13/h9H,2-4H2,1H3,(H,12,13). The first-order chi connectivity index (χ1) is 6.20. The molecule has 0 aliphatic carbocycles. The zero-order chi connectivity index (χ0) is 9.42. The summed E-state index contributed by atoms with van der Waals surface area (Å²) >= 11 is 0. The molecule has 1 aromatic rings. The van der Waals surface area contributed by atoms with Crippen LogP contribution in [0, 0.1) is 0 Å². The van der Waals surface area contributed by atoms with Crippen LogP contribution in [0.15, 0.2) is 0 Å². The highest BCUT2D eigenvalue weighted by atomic mass is 16.4. The number of nitrogens with zero attached hydrogens (tertiary/aromatic N) is 2. The molecule has 1 aliphatic rings. The molecular formula is C8H11N3O2. The summed E-state index contributed by atoms with van der Waals surface area (Å²) in [4.78, 5) is 10.8. The zero-order valence-corrected chi connectivity index (χ0v) is 7.37. The highest BCUT2D eigenvalue weighted by Gasteiger charge is 2.22. The number of carbonyl (C=O) groups is 1. The molecule has 1 aliphatic heterocycles. The van der Waals surface area contributed by atoms with Gasteiger partial charge in [0.05, 0.1) is 5.69 Å². The van der Waals surface area contributed by atoms with Gasteiger partial charge in [-0.3, -0.25) is 4.68 Å². The number of aryl methyl sites for hydroxylation is 1. The average Bonchev–Trinajstić information content (AvgIpc) is 2.45. The molecule has 0 saturated carbocycles. The Kier molecular flexibility index (Phi) is 1.81. The van der Waals surface area contributed by atoms with Gasteiger partial charge in [0.25, 0.3) is 0 Å². The van der Waals surface area contributed by atoms with Crippen LogP contribution in [0.4, 0.5) is 0 Å². The fourth-order valence-electron chi connectivity index (χ4n) is 1.68. The summed E-state index contributed by atoms with van der Waals surface area (Å²) < 4.78 is 1.64. The predicted molar refractivity (Wildman–Crippen MR) is 45.6 cm³/mol. The quantitative estimate of drug-likeness (QED) is 0.627. The minimum Gasteiger partial charge on any atom is -0.476 e. The van der Waals surface area contributed by atoms with Gasteiger partial charge in [0.1, 0.15) is 0 Å².